The molecule has 2 rings (SSSR count). The Morgan fingerprint density at radius 3 is 2.10 bits per heavy atom. The van der Waals surface area contributed by atoms with Gasteiger partial charge in [0.25, 0.3) is 0 Å². The van der Waals surface area contributed by atoms with E-state index in [0.717, 1.165) is 18.2 Å². The molecule has 1 unspecified atom stereocenters. The minimum atomic E-state index is -1.10. The van der Waals surface area contributed by atoms with Crippen molar-refractivity contribution in [2.75, 3.05) is 6.61 Å². The molecule has 0 bridgehead atoms. The molecule has 0 saturated carbocycles. The smallest absolute Gasteiger partial charge is 0.190 e. The Labute approximate surface area is 112 Å². The maximum Gasteiger partial charge on any atom is 0.190 e. The number of hydrogen-bond acceptors (Lipinski definition) is 2. The van der Waals surface area contributed by atoms with E-state index in [0.29, 0.717) is 0 Å². The van der Waals surface area contributed by atoms with Crippen molar-refractivity contribution in [2.45, 2.75) is 6.04 Å². The normalized spacial score (nSPS) is 12.2. The van der Waals surface area contributed by atoms with Crippen LogP contribution in [-0.2, 0) is 0 Å². The van der Waals surface area contributed by atoms with Gasteiger partial charge in [0.05, 0.1) is 6.04 Å². The van der Waals surface area contributed by atoms with E-state index in [1.807, 2.05) is 0 Å². The molecule has 2 N–H and O–H groups in total. The predicted molar refractivity (Wildman–Crippen MR) is 65.1 cm³/mol. The Balaban J connectivity index is 2.13. The zero-order chi connectivity index (χ0) is 14.7. The third kappa shape index (κ3) is 2.91. The van der Waals surface area contributed by atoms with E-state index >= 15 is 0 Å². The SMILES string of the molecule is NC(COc1c(F)cccc1F)c1cccc(F)c1F. The molecular formula is C14H11F4NO. The van der Waals surface area contributed by atoms with Gasteiger partial charge in [-0.1, -0.05) is 18.2 Å². The number of nitrogens with two attached hydrogens (primary N) is 1. The van der Waals surface area contributed by atoms with Gasteiger partial charge in [-0.3, -0.25) is 0 Å². The van der Waals surface area contributed by atoms with Crippen molar-refractivity contribution in [2.24, 2.45) is 5.73 Å². The molecule has 106 valence electrons. The van der Waals surface area contributed by atoms with Crippen molar-refractivity contribution < 1.29 is 22.3 Å². The summed E-state index contributed by atoms with van der Waals surface area (Å²) in [5.74, 6) is -4.53. The Kier molecular flexibility index (Phi) is 4.24. The Morgan fingerprint density at radius 2 is 1.45 bits per heavy atom. The molecule has 0 aliphatic heterocycles. The van der Waals surface area contributed by atoms with Crippen LogP contribution >= 0.6 is 0 Å². The van der Waals surface area contributed by atoms with Crippen molar-refractivity contribution in [3.63, 3.8) is 0 Å². The fourth-order valence-corrected chi connectivity index (χ4v) is 1.69. The van der Waals surface area contributed by atoms with Gasteiger partial charge in [0.1, 0.15) is 6.61 Å². The maximum absolute atomic E-state index is 13.5. The summed E-state index contributed by atoms with van der Waals surface area (Å²) in [7, 11) is 0. The van der Waals surface area contributed by atoms with Crippen LogP contribution in [0.25, 0.3) is 0 Å². The number of ether oxygens (including phenoxy) is 1. The van der Waals surface area contributed by atoms with Crippen molar-refractivity contribution in [1.82, 2.24) is 0 Å². The molecule has 0 radical (unpaired) electrons. The molecule has 1 atom stereocenters. The predicted octanol–water partition coefficient (Wildman–Crippen LogP) is 3.32. The largest absolute Gasteiger partial charge is 0.486 e. The van der Waals surface area contributed by atoms with Gasteiger partial charge in [0.2, 0.25) is 0 Å². The quantitative estimate of drug-likeness (QED) is 0.875. The van der Waals surface area contributed by atoms with Crippen molar-refractivity contribution >= 4 is 0 Å². The van der Waals surface area contributed by atoms with Crippen LogP contribution in [0.3, 0.4) is 0 Å². The number of halogens is 4. The van der Waals surface area contributed by atoms with Gasteiger partial charge in [-0.2, -0.15) is 0 Å². The molecule has 2 nitrogen and oxygen atoms in total. The summed E-state index contributed by atoms with van der Waals surface area (Å²) in [5, 5.41) is 0. The molecule has 6 heteroatoms. The van der Waals surface area contributed by atoms with Crippen molar-refractivity contribution in [3.05, 3.63) is 65.2 Å². The lowest BCUT2D eigenvalue weighted by molar-refractivity contribution is 0.260. The second-order valence-electron chi connectivity index (χ2n) is 4.11. The lowest BCUT2D eigenvalue weighted by Gasteiger charge is -2.15. The van der Waals surface area contributed by atoms with Gasteiger partial charge in [-0.15, -0.1) is 0 Å². The average Bonchev–Trinajstić information content (AvgIpc) is 2.41. The monoisotopic (exact) mass is 285 g/mol. The molecule has 2 aromatic rings. The number of rotatable bonds is 4. The van der Waals surface area contributed by atoms with Crippen LogP contribution in [0, 0.1) is 23.3 Å². The first kappa shape index (κ1) is 14.3. The summed E-state index contributed by atoms with van der Waals surface area (Å²) in [5.41, 5.74) is 5.51. The second-order valence-corrected chi connectivity index (χ2v) is 4.11. The van der Waals surface area contributed by atoms with Gasteiger partial charge in [-0.05, 0) is 18.2 Å². The van der Waals surface area contributed by atoms with Crippen LogP contribution in [0.2, 0.25) is 0 Å². The number of benzene rings is 2. The summed E-state index contributed by atoms with van der Waals surface area (Å²) >= 11 is 0. The lowest BCUT2D eigenvalue weighted by atomic mass is 10.1. The van der Waals surface area contributed by atoms with Gasteiger partial charge >= 0.3 is 0 Å². The molecule has 0 fully saturated rings. The molecule has 0 aromatic heterocycles. The lowest BCUT2D eigenvalue weighted by Crippen LogP contribution is -2.21. The highest BCUT2D eigenvalue weighted by Gasteiger charge is 2.17. The van der Waals surface area contributed by atoms with Crippen LogP contribution in [0.1, 0.15) is 11.6 Å². The third-order valence-electron chi connectivity index (χ3n) is 2.71. The summed E-state index contributed by atoms with van der Waals surface area (Å²) in [6.07, 6.45) is 0. The van der Waals surface area contributed by atoms with E-state index in [2.05, 4.69) is 0 Å². The fourth-order valence-electron chi connectivity index (χ4n) is 1.69. The van der Waals surface area contributed by atoms with Crippen LogP contribution in [0.15, 0.2) is 36.4 Å². The summed E-state index contributed by atoms with van der Waals surface area (Å²) in [6.45, 7) is -0.391. The Morgan fingerprint density at radius 1 is 0.900 bits per heavy atom. The molecule has 2 aromatic carbocycles. The van der Waals surface area contributed by atoms with Crippen LogP contribution < -0.4 is 10.5 Å². The first-order valence-electron chi connectivity index (χ1n) is 5.77. The minimum Gasteiger partial charge on any atom is -0.486 e. The molecule has 20 heavy (non-hydrogen) atoms. The minimum absolute atomic E-state index is 0.123. The molecule has 0 spiro atoms. The highest BCUT2D eigenvalue weighted by atomic mass is 19.2. The molecule has 0 aliphatic rings. The van der Waals surface area contributed by atoms with Gasteiger partial charge in [0.15, 0.2) is 29.0 Å². The first-order chi connectivity index (χ1) is 9.50. The molecular weight excluding hydrogens is 274 g/mol. The zero-order valence-electron chi connectivity index (χ0n) is 10.2. The molecule has 0 saturated heterocycles. The van der Waals surface area contributed by atoms with E-state index in [-0.39, 0.29) is 5.56 Å². The summed E-state index contributed by atoms with van der Waals surface area (Å²) in [4.78, 5) is 0. The zero-order valence-corrected chi connectivity index (χ0v) is 10.2. The molecule has 0 heterocycles. The van der Waals surface area contributed by atoms with E-state index in [1.165, 1.54) is 18.2 Å². The highest BCUT2D eigenvalue weighted by molar-refractivity contribution is 5.27. The van der Waals surface area contributed by atoms with E-state index in [1.54, 1.807) is 0 Å². The fraction of sp³-hybridized carbons (Fsp3) is 0.143. The van der Waals surface area contributed by atoms with Crippen molar-refractivity contribution in [3.8, 4) is 5.75 Å². The summed E-state index contributed by atoms with van der Waals surface area (Å²) < 4.78 is 58.0. The highest BCUT2D eigenvalue weighted by Crippen LogP contribution is 2.23. The third-order valence-corrected chi connectivity index (χ3v) is 2.71. The topological polar surface area (TPSA) is 35.2 Å². The maximum atomic E-state index is 13.5. The average molecular weight is 285 g/mol. The second kappa shape index (κ2) is 5.92. The van der Waals surface area contributed by atoms with Crippen molar-refractivity contribution in [1.29, 1.82) is 0 Å². The Hall–Kier alpha value is -2.08. The number of hydrogen-bond donors (Lipinski definition) is 1. The van der Waals surface area contributed by atoms with Gasteiger partial charge in [0, 0.05) is 5.56 Å². The van der Waals surface area contributed by atoms with Crippen LogP contribution in [0.4, 0.5) is 17.6 Å². The summed E-state index contributed by atoms with van der Waals surface area (Å²) in [6, 6.07) is 5.69. The van der Waals surface area contributed by atoms with E-state index in [4.69, 9.17) is 10.5 Å². The van der Waals surface area contributed by atoms with Gasteiger partial charge < -0.3 is 10.5 Å². The van der Waals surface area contributed by atoms with Crippen LogP contribution in [-0.4, -0.2) is 6.61 Å². The first-order valence-corrected chi connectivity index (χ1v) is 5.77. The standard InChI is InChI=1S/C14H11F4NO/c15-9-4-1-3-8(13(9)18)12(19)7-20-14-10(16)5-2-6-11(14)17/h1-6,12H,7,19H2. The molecule has 0 amide bonds. The van der Waals surface area contributed by atoms with Crippen LogP contribution in [0.5, 0.6) is 5.75 Å². The molecule has 0 aliphatic carbocycles. The van der Waals surface area contributed by atoms with E-state index in [9.17, 15) is 17.6 Å². The van der Waals surface area contributed by atoms with E-state index < -0.39 is 41.7 Å². The number of para-hydroxylation sites is 1. The van der Waals surface area contributed by atoms with Gasteiger partial charge in [-0.25, -0.2) is 17.6 Å². The Bertz CT molecular complexity index is 598.